The molecule has 1 aliphatic heterocycles. The van der Waals surface area contributed by atoms with E-state index in [-0.39, 0.29) is 5.56 Å². The summed E-state index contributed by atoms with van der Waals surface area (Å²) >= 11 is 0. The molecule has 1 aromatic rings. The number of nitrogens with zero attached hydrogens (tertiary/aromatic N) is 1. The summed E-state index contributed by atoms with van der Waals surface area (Å²) in [5.74, 6) is 0. The minimum atomic E-state index is -4.41. The molecule has 0 unspecified atom stereocenters. The zero-order valence-electron chi connectivity index (χ0n) is 9.87. The number of hydrogen-bond donors (Lipinski definition) is 2. The average molecular weight is 259 g/mol. The number of halogens is 3. The van der Waals surface area contributed by atoms with Crippen LogP contribution in [-0.2, 0) is 0 Å². The molecule has 0 spiro atoms. The lowest BCUT2D eigenvalue weighted by Gasteiger charge is -2.32. The van der Waals surface area contributed by atoms with Crippen LogP contribution in [0.15, 0.2) is 24.3 Å². The molecule has 18 heavy (non-hydrogen) atoms. The fraction of sp³-hybridized carbons (Fsp3) is 0.500. The number of nitrogens with one attached hydrogen (secondary N) is 1. The van der Waals surface area contributed by atoms with Crippen LogP contribution in [0.25, 0.3) is 0 Å². The first-order chi connectivity index (χ1) is 8.50. The van der Waals surface area contributed by atoms with Gasteiger partial charge < -0.3 is 16.0 Å². The molecule has 1 saturated heterocycles. The lowest BCUT2D eigenvalue weighted by Crippen LogP contribution is -2.44. The van der Waals surface area contributed by atoms with Crippen molar-refractivity contribution < 1.29 is 13.2 Å². The molecule has 100 valence electrons. The van der Waals surface area contributed by atoms with E-state index in [9.17, 15) is 13.2 Å². The van der Waals surface area contributed by atoms with Gasteiger partial charge in [0.15, 0.2) is 0 Å². The number of alkyl halides is 3. The molecule has 1 aliphatic rings. The molecule has 0 radical (unpaired) electrons. The Morgan fingerprint density at radius 3 is 2.39 bits per heavy atom. The second kappa shape index (κ2) is 5.16. The molecule has 3 N–H and O–H groups in total. The van der Waals surface area contributed by atoms with Gasteiger partial charge in [-0.05, 0) is 6.07 Å². The first-order valence-electron chi connectivity index (χ1n) is 5.87. The molecule has 0 saturated carbocycles. The van der Waals surface area contributed by atoms with Gasteiger partial charge in [0, 0.05) is 37.4 Å². The molecular formula is C12H16F3N3. The van der Waals surface area contributed by atoms with Crippen LogP contribution in [0.4, 0.5) is 18.9 Å². The van der Waals surface area contributed by atoms with Crippen LogP contribution in [0.1, 0.15) is 11.6 Å². The van der Waals surface area contributed by atoms with Crippen LogP contribution in [-0.4, -0.2) is 32.4 Å². The molecular weight excluding hydrogens is 243 g/mol. The van der Waals surface area contributed by atoms with E-state index in [1.165, 1.54) is 6.07 Å². The quantitative estimate of drug-likeness (QED) is 0.848. The van der Waals surface area contributed by atoms with Gasteiger partial charge >= 0.3 is 6.18 Å². The number of benzene rings is 1. The van der Waals surface area contributed by atoms with Gasteiger partial charge in [-0.2, -0.15) is 13.2 Å². The molecule has 0 aliphatic carbocycles. The normalized spacial score (nSPS) is 18.8. The summed E-state index contributed by atoms with van der Waals surface area (Å²) in [5.41, 5.74) is 6.04. The van der Waals surface area contributed by atoms with E-state index in [1.807, 2.05) is 4.90 Å². The summed E-state index contributed by atoms with van der Waals surface area (Å²) in [4.78, 5) is 1.94. The van der Waals surface area contributed by atoms with Gasteiger partial charge in [-0.25, -0.2) is 0 Å². The van der Waals surface area contributed by atoms with E-state index >= 15 is 0 Å². The highest BCUT2D eigenvalue weighted by atomic mass is 19.4. The van der Waals surface area contributed by atoms with E-state index in [4.69, 9.17) is 5.73 Å². The predicted molar refractivity (Wildman–Crippen MR) is 64.5 cm³/mol. The lowest BCUT2D eigenvalue weighted by molar-refractivity contribution is -0.149. The summed E-state index contributed by atoms with van der Waals surface area (Å²) in [6, 6.07) is 4.56. The molecule has 1 aromatic carbocycles. The monoisotopic (exact) mass is 259 g/mol. The zero-order valence-corrected chi connectivity index (χ0v) is 9.87. The van der Waals surface area contributed by atoms with E-state index in [0.717, 1.165) is 13.1 Å². The van der Waals surface area contributed by atoms with Crippen molar-refractivity contribution >= 4 is 5.69 Å². The molecule has 1 heterocycles. The first kappa shape index (κ1) is 13.2. The average Bonchev–Trinajstić information content (AvgIpc) is 2.38. The summed E-state index contributed by atoms with van der Waals surface area (Å²) in [5, 5.41) is 3.17. The molecule has 6 heteroatoms. The van der Waals surface area contributed by atoms with Crippen LogP contribution < -0.4 is 16.0 Å². The molecule has 0 amide bonds. The molecule has 0 bridgehead atoms. The van der Waals surface area contributed by atoms with Gasteiger partial charge in [-0.15, -0.1) is 0 Å². The van der Waals surface area contributed by atoms with Crippen molar-refractivity contribution in [3.8, 4) is 0 Å². The second-order valence-electron chi connectivity index (χ2n) is 4.32. The number of piperazine rings is 1. The highest BCUT2D eigenvalue weighted by molar-refractivity contribution is 5.55. The van der Waals surface area contributed by atoms with Gasteiger partial charge in [-0.1, -0.05) is 18.2 Å². The Bertz CT molecular complexity index is 400. The van der Waals surface area contributed by atoms with Gasteiger partial charge in [-0.3, -0.25) is 0 Å². The molecule has 1 fully saturated rings. The van der Waals surface area contributed by atoms with Crippen molar-refractivity contribution in [2.45, 2.75) is 12.2 Å². The number of rotatable bonds is 2. The first-order valence-corrected chi connectivity index (χ1v) is 5.87. The lowest BCUT2D eigenvalue weighted by atomic mass is 10.0. The Morgan fingerprint density at radius 1 is 1.17 bits per heavy atom. The standard InChI is InChI=1S/C12H16F3N3/c13-12(14,15)11(16)9-3-1-2-4-10(9)18-7-5-17-6-8-18/h1-4,11,17H,5-8,16H2/t11-/m0/s1. The van der Waals surface area contributed by atoms with Crippen LogP contribution in [0.5, 0.6) is 0 Å². The predicted octanol–water partition coefficient (Wildman–Crippen LogP) is 1.66. The highest BCUT2D eigenvalue weighted by Gasteiger charge is 2.39. The van der Waals surface area contributed by atoms with Crippen LogP contribution in [0, 0.1) is 0 Å². The second-order valence-corrected chi connectivity index (χ2v) is 4.32. The van der Waals surface area contributed by atoms with E-state index < -0.39 is 12.2 Å². The molecule has 3 nitrogen and oxygen atoms in total. The van der Waals surface area contributed by atoms with Crippen LogP contribution >= 0.6 is 0 Å². The van der Waals surface area contributed by atoms with E-state index in [1.54, 1.807) is 18.2 Å². The summed E-state index contributed by atoms with van der Waals surface area (Å²) < 4.78 is 38.2. The summed E-state index contributed by atoms with van der Waals surface area (Å²) in [6.45, 7) is 2.94. The Hall–Kier alpha value is -1.27. The maximum atomic E-state index is 12.7. The minimum Gasteiger partial charge on any atom is -0.369 e. The SMILES string of the molecule is N[C@@H](c1ccccc1N1CCNCC1)C(F)(F)F. The largest absolute Gasteiger partial charge is 0.407 e. The zero-order chi connectivity index (χ0) is 13.2. The third-order valence-corrected chi connectivity index (χ3v) is 3.08. The van der Waals surface area contributed by atoms with Crippen molar-refractivity contribution in [3.05, 3.63) is 29.8 Å². The molecule has 1 atom stereocenters. The molecule has 0 aromatic heterocycles. The third-order valence-electron chi connectivity index (χ3n) is 3.08. The maximum absolute atomic E-state index is 12.7. The van der Waals surface area contributed by atoms with E-state index in [2.05, 4.69) is 5.32 Å². The Morgan fingerprint density at radius 2 is 1.78 bits per heavy atom. The van der Waals surface area contributed by atoms with E-state index in [0.29, 0.717) is 18.8 Å². The minimum absolute atomic E-state index is 0.145. The van der Waals surface area contributed by atoms with Crippen LogP contribution in [0.3, 0.4) is 0 Å². The Balaban J connectivity index is 2.30. The number of anilines is 1. The number of para-hydroxylation sites is 1. The van der Waals surface area contributed by atoms with Gasteiger partial charge in [0.05, 0.1) is 0 Å². The van der Waals surface area contributed by atoms with Gasteiger partial charge in [0.2, 0.25) is 0 Å². The van der Waals surface area contributed by atoms with Gasteiger partial charge in [0.1, 0.15) is 6.04 Å². The Labute approximate surface area is 104 Å². The smallest absolute Gasteiger partial charge is 0.369 e. The van der Waals surface area contributed by atoms with Crippen molar-refractivity contribution in [1.29, 1.82) is 0 Å². The van der Waals surface area contributed by atoms with Crippen molar-refractivity contribution in [2.24, 2.45) is 5.73 Å². The van der Waals surface area contributed by atoms with Crippen molar-refractivity contribution in [2.75, 3.05) is 31.1 Å². The Kier molecular flexibility index (Phi) is 3.77. The topological polar surface area (TPSA) is 41.3 Å². The third kappa shape index (κ3) is 2.76. The van der Waals surface area contributed by atoms with Crippen molar-refractivity contribution in [3.63, 3.8) is 0 Å². The van der Waals surface area contributed by atoms with Gasteiger partial charge in [0.25, 0.3) is 0 Å². The fourth-order valence-electron chi connectivity index (χ4n) is 2.12. The highest BCUT2D eigenvalue weighted by Crippen LogP contribution is 2.35. The fourth-order valence-corrected chi connectivity index (χ4v) is 2.12. The number of nitrogens with two attached hydrogens (primary N) is 1. The van der Waals surface area contributed by atoms with Crippen LogP contribution in [0.2, 0.25) is 0 Å². The summed E-state index contributed by atoms with van der Waals surface area (Å²) in [7, 11) is 0. The molecule has 2 rings (SSSR count). The van der Waals surface area contributed by atoms with Crippen molar-refractivity contribution in [1.82, 2.24) is 5.32 Å². The summed E-state index contributed by atoms with van der Waals surface area (Å²) in [6.07, 6.45) is -4.41. The number of hydrogen-bond acceptors (Lipinski definition) is 3. The maximum Gasteiger partial charge on any atom is 0.407 e.